The number of anilines is 1. The molecule has 1 aromatic heterocycles. The van der Waals surface area contributed by atoms with Gasteiger partial charge in [0.15, 0.2) is 0 Å². The van der Waals surface area contributed by atoms with Gasteiger partial charge in [0.2, 0.25) is 0 Å². The molecule has 2 N–H and O–H groups in total. The van der Waals surface area contributed by atoms with Gasteiger partial charge in [-0.1, -0.05) is 20.8 Å². The fourth-order valence-corrected chi connectivity index (χ4v) is 1.23. The first kappa shape index (κ1) is 14.4. The van der Waals surface area contributed by atoms with Crippen LogP contribution in [0.4, 0.5) is 5.82 Å². The van der Waals surface area contributed by atoms with Crippen molar-refractivity contribution < 1.29 is 4.79 Å². The molecule has 0 saturated carbocycles. The number of carbonyl (C=O) groups is 1. The highest BCUT2D eigenvalue weighted by Crippen LogP contribution is 2.18. The number of hydrogen-bond donors (Lipinski definition) is 2. The van der Waals surface area contributed by atoms with E-state index in [9.17, 15) is 4.79 Å². The molecule has 1 heterocycles. The Morgan fingerprint density at radius 1 is 1.39 bits per heavy atom. The molecule has 0 radical (unpaired) electrons. The van der Waals surface area contributed by atoms with Crippen LogP contribution in [0.1, 0.15) is 45.1 Å². The van der Waals surface area contributed by atoms with Crippen molar-refractivity contribution in [1.29, 1.82) is 0 Å². The minimum atomic E-state index is -0.190. The summed E-state index contributed by atoms with van der Waals surface area (Å²) in [6, 6.07) is 0.0644. The average molecular weight is 250 g/mol. The summed E-state index contributed by atoms with van der Waals surface area (Å²) in [5.74, 6) is 0.429. The van der Waals surface area contributed by atoms with Crippen molar-refractivity contribution in [2.45, 2.75) is 40.7 Å². The summed E-state index contributed by atoms with van der Waals surface area (Å²) < 4.78 is 0. The van der Waals surface area contributed by atoms with Crippen LogP contribution in [0.3, 0.4) is 0 Å². The molecule has 5 nitrogen and oxygen atoms in total. The molecule has 0 aromatic carbocycles. The van der Waals surface area contributed by atoms with Gasteiger partial charge in [0.05, 0.1) is 12.4 Å². The monoisotopic (exact) mass is 250 g/mol. The summed E-state index contributed by atoms with van der Waals surface area (Å²) in [5, 5.41) is 5.97. The molecule has 18 heavy (non-hydrogen) atoms. The number of aromatic nitrogens is 2. The van der Waals surface area contributed by atoms with Crippen LogP contribution < -0.4 is 10.6 Å². The van der Waals surface area contributed by atoms with Gasteiger partial charge in [-0.15, -0.1) is 0 Å². The third-order valence-corrected chi connectivity index (χ3v) is 2.87. The summed E-state index contributed by atoms with van der Waals surface area (Å²) >= 11 is 0. The lowest BCUT2D eigenvalue weighted by Gasteiger charge is -2.27. The molecule has 0 aliphatic heterocycles. The van der Waals surface area contributed by atoms with Crippen LogP contribution in [0.25, 0.3) is 0 Å². The summed E-state index contributed by atoms with van der Waals surface area (Å²) in [6.07, 6.45) is 3.08. The van der Waals surface area contributed by atoms with Crippen molar-refractivity contribution in [3.8, 4) is 0 Å². The molecule has 0 aliphatic rings. The highest BCUT2D eigenvalue weighted by Gasteiger charge is 2.22. The fourth-order valence-electron chi connectivity index (χ4n) is 1.23. The van der Waals surface area contributed by atoms with E-state index in [4.69, 9.17) is 0 Å². The predicted octanol–water partition coefficient (Wildman–Crippen LogP) is 2.07. The topological polar surface area (TPSA) is 66.9 Å². The third-order valence-electron chi connectivity index (χ3n) is 2.87. The van der Waals surface area contributed by atoms with Crippen LogP contribution in [0.5, 0.6) is 0 Å². The molecule has 0 bridgehead atoms. The Bertz CT molecular complexity index is 412. The van der Waals surface area contributed by atoms with E-state index in [2.05, 4.69) is 41.4 Å². The Hall–Kier alpha value is -1.65. The lowest BCUT2D eigenvalue weighted by Crippen LogP contribution is -2.41. The second-order valence-electron chi connectivity index (χ2n) is 5.38. The van der Waals surface area contributed by atoms with Crippen LogP contribution in [0.2, 0.25) is 0 Å². The van der Waals surface area contributed by atoms with E-state index < -0.39 is 0 Å². The van der Waals surface area contributed by atoms with Crippen molar-refractivity contribution >= 4 is 11.7 Å². The molecule has 0 aliphatic carbocycles. The zero-order valence-corrected chi connectivity index (χ0v) is 11.7. The van der Waals surface area contributed by atoms with Crippen molar-refractivity contribution in [3.05, 3.63) is 18.1 Å². The molecular formula is C13H22N4O. The molecule has 1 unspecified atom stereocenters. The van der Waals surface area contributed by atoms with Crippen LogP contribution in [-0.4, -0.2) is 28.5 Å². The van der Waals surface area contributed by atoms with Crippen LogP contribution in [0.15, 0.2) is 12.4 Å². The largest absolute Gasteiger partial charge is 0.369 e. The van der Waals surface area contributed by atoms with Crippen molar-refractivity contribution in [2.75, 3.05) is 11.9 Å². The van der Waals surface area contributed by atoms with Gasteiger partial charge in [-0.05, 0) is 19.3 Å². The van der Waals surface area contributed by atoms with E-state index in [-0.39, 0.29) is 17.4 Å². The van der Waals surface area contributed by atoms with Crippen LogP contribution in [0, 0.1) is 5.41 Å². The minimum absolute atomic E-state index is 0.0162. The Labute approximate surface area is 108 Å². The lowest BCUT2D eigenvalue weighted by molar-refractivity contribution is 0.0904. The average Bonchev–Trinajstić information content (AvgIpc) is 2.28. The number of nitrogens with one attached hydrogen (secondary N) is 2. The first-order valence-electron chi connectivity index (χ1n) is 6.21. The van der Waals surface area contributed by atoms with E-state index in [1.165, 1.54) is 6.20 Å². The quantitative estimate of drug-likeness (QED) is 0.858. The van der Waals surface area contributed by atoms with E-state index in [1.54, 1.807) is 6.20 Å². The molecule has 0 spiro atoms. The molecule has 0 fully saturated rings. The van der Waals surface area contributed by atoms with Gasteiger partial charge in [0.25, 0.3) is 5.91 Å². The summed E-state index contributed by atoms with van der Waals surface area (Å²) in [6.45, 7) is 10.9. The molecular weight excluding hydrogens is 228 g/mol. The SMILES string of the molecule is CCNc1cncc(C(=O)NC(C)C(C)(C)C)n1. The molecule has 1 amide bonds. The van der Waals surface area contributed by atoms with Crippen LogP contribution in [-0.2, 0) is 0 Å². The zero-order chi connectivity index (χ0) is 13.8. The van der Waals surface area contributed by atoms with Crippen molar-refractivity contribution in [3.63, 3.8) is 0 Å². The number of rotatable bonds is 4. The summed E-state index contributed by atoms with van der Waals surface area (Å²) in [7, 11) is 0. The van der Waals surface area contributed by atoms with Gasteiger partial charge in [-0.2, -0.15) is 0 Å². The van der Waals surface area contributed by atoms with Gasteiger partial charge < -0.3 is 10.6 Å². The molecule has 0 saturated heterocycles. The second kappa shape index (κ2) is 5.80. The molecule has 1 atom stereocenters. The maximum atomic E-state index is 12.0. The smallest absolute Gasteiger partial charge is 0.271 e. The number of hydrogen-bond acceptors (Lipinski definition) is 4. The van der Waals surface area contributed by atoms with E-state index >= 15 is 0 Å². The van der Waals surface area contributed by atoms with E-state index in [0.29, 0.717) is 11.5 Å². The third kappa shape index (κ3) is 3.98. The van der Waals surface area contributed by atoms with Gasteiger partial charge >= 0.3 is 0 Å². The number of nitrogens with zero attached hydrogens (tertiary/aromatic N) is 2. The Kier molecular flexibility index (Phi) is 4.64. The highest BCUT2D eigenvalue weighted by molar-refractivity contribution is 5.92. The van der Waals surface area contributed by atoms with Gasteiger partial charge in [-0.25, -0.2) is 4.98 Å². The summed E-state index contributed by atoms with van der Waals surface area (Å²) in [5.41, 5.74) is 0.354. The number of amides is 1. The fraction of sp³-hybridized carbons (Fsp3) is 0.615. The zero-order valence-electron chi connectivity index (χ0n) is 11.7. The summed E-state index contributed by atoms with van der Waals surface area (Å²) in [4.78, 5) is 20.2. The Morgan fingerprint density at radius 2 is 2.06 bits per heavy atom. The normalized spacial score (nSPS) is 12.9. The minimum Gasteiger partial charge on any atom is -0.369 e. The standard InChI is InChI=1S/C13H22N4O/c1-6-15-11-8-14-7-10(17-11)12(18)16-9(2)13(3,4)5/h7-9H,6H2,1-5H3,(H,15,17)(H,16,18). The first-order valence-corrected chi connectivity index (χ1v) is 6.21. The van der Waals surface area contributed by atoms with Gasteiger partial charge in [-0.3, -0.25) is 9.78 Å². The molecule has 1 rings (SSSR count). The van der Waals surface area contributed by atoms with Crippen molar-refractivity contribution in [1.82, 2.24) is 15.3 Å². The molecule has 5 heteroatoms. The predicted molar refractivity (Wildman–Crippen MR) is 72.6 cm³/mol. The first-order chi connectivity index (χ1) is 8.34. The molecule has 100 valence electrons. The highest BCUT2D eigenvalue weighted by atomic mass is 16.1. The number of carbonyl (C=O) groups excluding carboxylic acids is 1. The van der Waals surface area contributed by atoms with Crippen LogP contribution >= 0.6 is 0 Å². The molecule has 1 aromatic rings. The maximum Gasteiger partial charge on any atom is 0.271 e. The van der Waals surface area contributed by atoms with Gasteiger partial charge in [0.1, 0.15) is 11.5 Å². The van der Waals surface area contributed by atoms with E-state index in [0.717, 1.165) is 6.54 Å². The maximum absolute atomic E-state index is 12.0. The van der Waals surface area contributed by atoms with Crippen molar-refractivity contribution in [2.24, 2.45) is 5.41 Å². The second-order valence-corrected chi connectivity index (χ2v) is 5.38. The lowest BCUT2D eigenvalue weighted by atomic mass is 9.88. The Morgan fingerprint density at radius 3 is 2.61 bits per heavy atom. The van der Waals surface area contributed by atoms with E-state index in [1.807, 2.05) is 13.8 Å². The van der Waals surface area contributed by atoms with Gasteiger partial charge in [0, 0.05) is 12.6 Å². The Balaban J connectivity index is 2.75.